The van der Waals surface area contributed by atoms with Crippen LogP contribution in [0.5, 0.6) is 0 Å². The van der Waals surface area contributed by atoms with E-state index in [0.717, 1.165) is 53.4 Å². The van der Waals surface area contributed by atoms with Crippen LogP contribution in [0.25, 0.3) is 32.8 Å². The van der Waals surface area contributed by atoms with Gasteiger partial charge in [-0.15, -0.1) is 0 Å². The number of hydrogen-bond acceptors (Lipinski definition) is 4. The number of aromatic amines is 2. The fourth-order valence-electron chi connectivity index (χ4n) is 5.46. The minimum absolute atomic E-state index is 0.145. The molecular weight excluding hydrogens is 417 g/mol. The van der Waals surface area contributed by atoms with Gasteiger partial charge in [0.1, 0.15) is 11.6 Å². The first-order chi connectivity index (χ1) is 16.1. The van der Waals surface area contributed by atoms with Crippen LogP contribution in [0.15, 0.2) is 53.7 Å². The van der Waals surface area contributed by atoms with Gasteiger partial charge in [-0.25, -0.2) is 14.4 Å². The third kappa shape index (κ3) is 3.48. The number of nitrogens with one attached hydrogen (secondary N) is 2. The second-order valence-corrected chi connectivity index (χ2v) is 9.20. The number of nitrogens with zero attached hydrogens (tertiary/aromatic N) is 3. The summed E-state index contributed by atoms with van der Waals surface area (Å²) in [6.07, 6.45) is 7.56. The summed E-state index contributed by atoms with van der Waals surface area (Å²) in [5, 5.41) is 1.50. The maximum atomic E-state index is 13.9. The van der Waals surface area contributed by atoms with Crippen molar-refractivity contribution in [2.45, 2.75) is 44.4 Å². The van der Waals surface area contributed by atoms with Crippen LogP contribution in [0.1, 0.15) is 55.8 Å². The van der Waals surface area contributed by atoms with Gasteiger partial charge in [-0.2, -0.15) is 0 Å². The molecule has 1 aliphatic rings. The zero-order valence-electron chi connectivity index (χ0n) is 18.3. The van der Waals surface area contributed by atoms with Gasteiger partial charge < -0.3 is 9.97 Å². The molecule has 0 spiro atoms. The Balaban J connectivity index is 1.24. The van der Waals surface area contributed by atoms with Crippen molar-refractivity contribution in [3.05, 3.63) is 76.5 Å². The predicted molar refractivity (Wildman–Crippen MR) is 127 cm³/mol. The first-order valence-electron chi connectivity index (χ1n) is 11.5. The van der Waals surface area contributed by atoms with E-state index in [9.17, 15) is 9.18 Å². The van der Waals surface area contributed by atoms with Crippen molar-refractivity contribution < 1.29 is 4.39 Å². The number of benzene rings is 2. The van der Waals surface area contributed by atoms with E-state index in [1.54, 1.807) is 12.1 Å². The summed E-state index contributed by atoms with van der Waals surface area (Å²) in [5.41, 5.74) is 4.26. The molecule has 0 amide bonds. The number of imidazole rings is 1. The molecule has 6 nitrogen and oxygen atoms in total. The van der Waals surface area contributed by atoms with E-state index in [2.05, 4.69) is 32.9 Å². The van der Waals surface area contributed by atoms with Crippen molar-refractivity contribution in [2.24, 2.45) is 5.92 Å². The van der Waals surface area contributed by atoms with Crippen molar-refractivity contribution in [3.8, 4) is 0 Å². The molecule has 1 aliphatic carbocycles. The molecular formula is C26H24FN5O. The molecule has 2 aromatic carbocycles. The van der Waals surface area contributed by atoms with Crippen molar-refractivity contribution in [1.82, 2.24) is 24.9 Å². The third-order valence-corrected chi connectivity index (χ3v) is 7.35. The van der Waals surface area contributed by atoms with Crippen molar-refractivity contribution >= 4 is 32.8 Å². The Morgan fingerprint density at radius 3 is 2.67 bits per heavy atom. The lowest BCUT2D eigenvalue weighted by Crippen LogP contribution is -2.19. The fraction of sp³-hybridized carbons (Fsp3) is 0.308. The van der Waals surface area contributed by atoms with Gasteiger partial charge in [0.25, 0.3) is 5.56 Å². The Bertz CT molecular complexity index is 1550. The molecule has 1 fully saturated rings. The Kier molecular flexibility index (Phi) is 4.71. The lowest BCUT2D eigenvalue weighted by molar-refractivity contribution is 0.286. The van der Waals surface area contributed by atoms with Crippen LogP contribution in [0, 0.1) is 11.7 Å². The predicted octanol–water partition coefficient (Wildman–Crippen LogP) is 5.56. The van der Waals surface area contributed by atoms with Gasteiger partial charge in [0, 0.05) is 17.5 Å². The Morgan fingerprint density at radius 2 is 1.82 bits per heavy atom. The second-order valence-electron chi connectivity index (χ2n) is 9.20. The van der Waals surface area contributed by atoms with Crippen LogP contribution in [0.4, 0.5) is 4.39 Å². The monoisotopic (exact) mass is 441 g/mol. The average molecular weight is 442 g/mol. The van der Waals surface area contributed by atoms with E-state index in [4.69, 9.17) is 4.98 Å². The SMILES string of the molecule is CC(c1nc2cc3nc[nH]c(=O)c3cc2[nH]1)C1CCC(c2ccnc3ccc(F)cc23)CC1. The van der Waals surface area contributed by atoms with Gasteiger partial charge in [-0.3, -0.25) is 9.78 Å². The highest BCUT2D eigenvalue weighted by atomic mass is 19.1. The van der Waals surface area contributed by atoms with Crippen molar-refractivity contribution in [2.75, 3.05) is 0 Å². The van der Waals surface area contributed by atoms with Gasteiger partial charge in [-0.05, 0) is 79.5 Å². The largest absolute Gasteiger partial charge is 0.342 e. The van der Waals surface area contributed by atoms with E-state index in [-0.39, 0.29) is 17.3 Å². The van der Waals surface area contributed by atoms with E-state index in [0.29, 0.717) is 22.7 Å². The minimum atomic E-state index is -0.214. The van der Waals surface area contributed by atoms with Crippen LogP contribution >= 0.6 is 0 Å². The number of aromatic nitrogens is 5. The molecule has 0 bridgehead atoms. The molecule has 1 atom stereocenters. The van der Waals surface area contributed by atoms with E-state index >= 15 is 0 Å². The summed E-state index contributed by atoms with van der Waals surface area (Å²) in [7, 11) is 0. The molecule has 33 heavy (non-hydrogen) atoms. The molecule has 1 unspecified atom stereocenters. The quantitative estimate of drug-likeness (QED) is 0.383. The van der Waals surface area contributed by atoms with Crippen LogP contribution in [-0.2, 0) is 0 Å². The number of pyridine rings is 1. The zero-order valence-corrected chi connectivity index (χ0v) is 18.3. The Labute approximate surface area is 189 Å². The summed E-state index contributed by atoms with van der Waals surface area (Å²) < 4.78 is 13.9. The third-order valence-electron chi connectivity index (χ3n) is 7.35. The van der Waals surface area contributed by atoms with Crippen molar-refractivity contribution in [1.29, 1.82) is 0 Å². The summed E-state index contributed by atoms with van der Waals surface area (Å²) in [4.78, 5) is 31.7. The maximum absolute atomic E-state index is 13.9. The minimum Gasteiger partial charge on any atom is -0.342 e. The molecule has 0 saturated heterocycles. The van der Waals surface area contributed by atoms with Crippen molar-refractivity contribution in [3.63, 3.8) is 0 Å². The first-order valence-corrected chi connectivity index (χ1v) is 11.5. The second kappa shape index (κ2) is 7.76. The summed E-state index contributed by atoms with van der Waals surface area (Å²) in [5.74, 6) is 1.95. The molecule has 0 aliphatic heterocycles. The normalized spacial score (nSPS) is 19.9. The van der Waals surface area contributed by atoms with Crippen LogP contribution in [0.2, 0.25) is 0 Å². The fourth-order valence-corrected chi connectivity index (χ4v) is 5.46. The Hall–Kier alpha value is -3.61. The zero-order chi connectivity index (χ0) is 22.5. The summed E-state index contributed by atoms with van der Waals surface area (Å²) in [6.45, 7) is 2.23. The van der Waals surface area contributed by atoms with Gasteiger partial charge in [0.05, 0.1) is 33.8 Å². The highest BCUT2D eigenvalue weighted by Gasteiger charge is 2.29. The molecule has 166 valence electrons. The van der Waals surface area contributed by atoms with E-state index < -0.39 is 0 Å². The van der Waals surface area contributed by atoms with Gasteiger partial charge in [0.15, 0.2) is 0 Å². The standard InChI is InChI=1S/C26H24FN5O/c1-14(25-31-23-11-20-22(12-24(23)32-25)29-13-30-26(20)33)15-2-4-16(5-3-15)18-8-9-28-21-7-6-17(27)10-19(18)21/h6-16H,2-5H2,1H3,(H,31,32)(H,29,30,33). The maximum Gasteiger partial charge on any atom is 0.258 e. The van der Waals surface area contributed by atoms with Crippen LogP contribution in [-0.4, -0.2) is 24.9 Å². The molecule has 6 rings (SSSR count). The Morgan fingerprint density at radius 1 is 0.970 bits per heavy atom. The number of H-pyrrole nitrogens is 2. The van der Waals surface area contributed by atoms with Crippen LogP contribution < -0.4 is 5.56 Å². The topological polar surface area (TPSA) is 87.3 Å². The number of halogens is 1. The summed E-state index contributed by atoms with van der Waals surface area (Å²) in [6, 6.07) is 10.6. The average Bonchev–Trinajstić information content (AvgIpc) is 3.25. The molecule has 3 heterocycles. The highest BCUT2D eigenvalue weighted by molar-refractivity contribution is 5.92. The molecule has 2 N–H and O–H groups in total. The molecule has 0 radical (unpaired) electrons. The summed E-state index contributed by atoms with van der Waals surface area (Å²) >= 11 is 0. The molecule has 5 aromatic rings. The van der Waals surface area contributed by atoms with Crippen LogP contribution in [0.3, 0.4) is 0 Å². The lowest BCUT2D eigenvalue weighted by atomic mass is 9.73. The van der Waals surface area contributed by atoms with E-state index in [1.165, 1.54) is 18.0 Å². The molecule has 3 aromatic heterocycles. The van der Waals surface area contributed by atoms with Gasteiger partial charge in [0.2, 0.25) is 0 Å². The molecule has 1 saturated carbocycles. The number of hydrogen-bond donors (Lipinski definition) is 2. The first kappa shape index (κ1) is 20.0. The van der Waals surface area contributed by atoms with Gasteiger partial charge >= 0.3 is 0 Å². The van der Waals surface area contributed by atoms with Gasteiger partial charge in [-0.1, -0.05) is 6.92 Å². The smallest absolute Gasteiger partial charge is 0.258 e. The number of fused-ring (bicyclic) bond motifs is 3. The molecule has 7 heteroatoms. The lowest BCUT2D eigenvalue weighted by Gasteiger charge is -2.32. The highest BCUT2D eigenvalue weighted by Crippen LogP contribution is 2.43. The number of rotatable bonds is 3. The van der Waals surface area contributed by atoms with E-state index in [1.807, 2.05) is 18.3 Å².